The quantitative estimate of drug-likeness (QED) is 0.295. The van der Waals surface area contributed by atoms with Crippen molar-refractivity contribution in [3.63, 3.8) is 0 Å². The van der Waals surface area contributed by atoms with E-state index in [4.69, 9.17) is 27.9 Å². The molecule has 0 saturated heterocycles. The number of hydrogen-bond donors (Lipinski definition) is 1. The third-order valence-corrected chi connectivity index (χ3v) is 4.09. The van der Waals surface area contributed by atoms with Crippen molar-refractivity contribution in [2.24, 2.45) is 0 Å². The summed E-state index contributed by atoms with van der Waals surface area (Å²) in [7, 11) is 0. The first-order chi connectivity index (χ1) is 13.3. The lowest BCUT2D eigenvalue weighted by atomic mass is 10.1. The topological polar surface area (TPSA) is 116 Å². The van der Waals surface area contributed by atoms with E-state index in [1.165, 1.54) is 12.1 Å². The summed E-state index contributed by atoms with van der Waals surface area (Å²) in [6, 6.07) is 9.78. The van der Waals surface area contributed by atoms with Crippen molar-refractivity contribution in [3.05, 3.63) is 68.2 Å². The third-order valence-electron chi connectivity index (χ3n) is 3.52. The molecular formula is C18H14Cl2N2O6. The summed E-state index contributed by atoms with van der Waals surface area (Å²) in [5.74, 6) is -1.64. The summed E-state index contributed by atoms with van der Waals surface area (Å²) in [4.78, 5) is 45.5. The lowest BCUT2D eigenvalue weighted by Crippen LogP contribution is -2.21. The molecule has 146 valence electrons. The van der Waals surface area contributed by atoms with Gasteiger partial charge in [-0.2, -0.15) is 0 Å². The molecule has 0 radical (unpaired) electrons. The summed E-state index contributed by atoms with van der Waals surface area (Å²) in [5.41, 5.74) is 0.341. The van der Waals surface area contributed by atoms with Gasteiger partial charge in [-0.25, -0.2) is 0 Å². The molecule has 8 nitrogen and oxygen atoms in total. The average Bonchev–Trinajstić information content (AvgIpc) is 2.66. The highest BCUT2D eigenvalue weighted by Gasteiger charge is 2.14. The maximum atomic E-state index is 12.0. The number of halogens is 2. The van der Waals surface area contributed by atoms with E-state index >= 15 is 0 Å². The van der Waals surface area contributed by atoms with Gasteiger partial charge in [0.25, 0.3) is 11.6 Å². The van der Waals surface area contributed by atoms with E-state index in [2.05, 4.69) is 5.32 Å². The van der Waals surface area contributed by atoms with Crippen molar-refractivity contribution in [3.8, 4) is 0 Å². The highest BCUT2D eigenvalue weighted by molar-refractivity contribution is 6.34. The first-order valence-electron chi connectivity index (χ1n) is 7.94. The van der Waals surface area contributed by atoms with Gasteiger partial charge in [0.05, 0.1) is 22.1 Å². The maximum absolute atomic E-state index is 12.0. The molecule has 0 fully saturated rings. The molecule has 2 aromatic rings. The molecule has 0 saturated carbocycles. The minimum Gasteiger partial charge on any atom is -0.456 e. The number of nitrogens with one attached hydrogen (secondary N) is 1. The van der Waals surface area contributed by atoms with Crippen molar-refractivity contribution in [1.29, 1.82) is 0 Å². The average molecular weight is 425 g/mol. The molecule has 10 heteroatoms. The summed E-state index contributed by atoms with van der Waals surface area (Å²) in [6.45, 7) is -0.582. The molecule has 0 aromatic heterocycles. The number of ketones is 1. The summed E-state index contributed by atoms with van der Waals surface area (Å²) in [5, 5.41) is 13.5. The number of nitro benzene ring substituents is 1. The molecule has 2 aromatic carbocycles. The van der Waals surface area contributed by atoms with Crippen LogP contribution < -0.4 is 5.32 Å². The SMILES string of the molecule is O=C(COC(=O)CCC(=O)c1ccc(Cl)cc1)Nc1ccc([N+](=O)[O-])cc1Cl. The number of nitrogens with zero attached hydrogens (tertiary/aromatic N) is 1. The van der Waals surface area contributed by atoms with Crippen LogP contribution in [0.25, 0.3) is 0 Å². The van der Waals surface area contributed by atoms with Crippen LogP contribution >= 0.6 is 23.2 Å². The van der Waals surface area contributed by atoms with Gasteiger partial charge in [-0.3, -0.25) is 24.5 Å². The molecule has 1 N–H and O–H groups in total. The highest BCUT2D eigenvalue weighted by Crippen LogP contribution is 2.26. The van der Waals surface area contributed by atoms with Crippen molar-refractivity contribution < 1.29 is 24.0 Å². The standard InChI is InChI=1S/C18H14Cl2N2O6/c19-12-3-1-11(2-4-12)16(23)7-8-18(25)28-10-17(24)21-15-6-5-13(22(26)27)9-14(15)20/h1-6,9H,7-8,10H2,(H,21,24). The van der Waals surface area contributed by atoms with E-state index in [0.29, 0.717) is 10.6 Å². The van der Waals surface area contributed by atoms with Gasteiger partial charge >= 0.3 is 5.97 Å². The van der Waals surface area contributed by atoms with Crippen molar-refractivity contribution in [2.75, 3.05) is 11.9 Å². The zero-order valence-electron chi connectivity index (χ0n) is 14.3. The van der Waals surface area contributed by atoms with Gasteiger partial charge in [-0.15, -0.1) is 0 Å². The van der Waals surface area contributed by atoms with E-state index in [-0.39, 0.29) is 35.0 Å². The van der Waals surface area contributed by atoms with Crippen LogP contribution in [-0.4, -0.2) is 29.2 Å². The minimum absolute atomic E-state index is 0.0255. The molecule has 0 unspecified atom stereocenters. The number of carbonyl (C=O) groups excluding carboxylic acids is 3. The van der Waals surface area contributed by atoms with Gasteiger partial charge < -0.3 is 10.1 Å². The van der Waals surface area contributed by atoms with E-state index < -0.39 is 23.4 Å². The second-order valence-electron chi connectivity index (χ2n) is 5.56. The molecule has 0 spiro atoms. The lowest BCUT2D eigenvalue weighted by molar-refractivity contribution is -0.384. The van der Waals surface area contributed by atoms with Crippen LogP contribution in [0.2, 0.25) is 10.0 Å². The van der Waals surface area contributed by atoms with E-state index in [1.807, 2.05) is 0 Å². The zero-order chi connectivity index (χ0) is 20.7. The second-order valence-corrected chi connectivity index (χ2v) is 6.40. The molecule has 0 atom stereocenters. The molecule has 2 rings (SSSR count). The fraction of sp³-hybridized carbons (Fsp3) is 0.167. The number of amides is 1. The van der Waals surface area contributed by atoms with Crippen molar-refractivity contribution in [1.82, 2.24) is 0 Å². The Morgan fingerprint density at radius 1 is 1.04 bits per heavy atom. The Labute approximate surface area is 169 Å². The molecule has 0 aliphatic heterocycles. The monoisotopic (exact) mass is 424 g/mol. The van der Waals surface area contributed by atoms with E-state index in [0.717, 1.165) is 6.07 Å². The molecule has 0 heterocycles. The van der Waals surface area contributed by atoms with Gasteiger partial charge in [-0.05, 0) is 30.3 Å². The van der Waals surface area contributed by atoms with Crippen LogP contribution in [-0.2, 0) is 14.3 Å². The Hall–Kier alpha value is -2.97. The number of rotatable bonds is 8. The number of Topliss-reactive ketones (excluding diaryl/α,β-unsaturated/α-hetero) is 1. The lowest BCUT2D eigenvalue weighted by Gasteiger charge is -2.08. The molecule has 0 aliphatic rings. The normalized spacial score (nSPS) is 10.2. The van der Waals surface area contributed by atoms with E-state index in [1.54, 1.807) is 24.3 Å². The third kappa shape index (κ3) is 6.33. The van der Waals surface area contributed by atoms with Crippen LogP contribution in [0.15, 0.2) is 42.5 Å². The van der Waals surface area contributed by atoms with Gasteiger partial charge in [0, 0.05) is 29.1 Å². The Balaban J connectivity index is 1.77. The van der Waals surface area contributed by atoms with Gasteiger partial charge in [-0.1, -0.05) is 23.2 Å². The number of anilines is 1. The first-order valence-corrected chi connectivity index (χ1v) is 8.70. The number of esters is 1. The second kappa shape index (κ2) is 9.82. The molecular weight excluding hydrogens is 411 g/mol. The van der Waals surface area contributed by atoms with Crippen LogP contribution in [0.4, 0.5) is 11.4 Å². The molecule has 0 bridgehead atoms. The number of hydrogen-bond acceptors (Lipinski definition) is 6. The van der Waals surface area contributed by atoms with Gasteiger partial charge in [0.15, 0.2) is 12.4 Å². The van der Waals surface area contributed by atoms with Crippen LogP contribution in [0.3, 0.4) is 0 Å². The number of carbonyl (C=O) groups is 3. The molecule has 0 aliphatic carbocycles. The number of benzene rings is 2. The molecule has 1 amide bonds. The Morgan fingerprint density at radius 2 is 1.71 bits per heavy atom. The highest BCUT2D eigenvalue weighted by atomic mass is 35.5. The van der Waals surface area contributed by atoms with Crippen LogP contribution in [0.5, 0.6) is 0 Å². The van der Waals surface area contributed by atoms with Crippen LogP contribution in [0, 0.1) is 10.1 Å². The predicted octanol–water partition coefficient (Wildman–Crippen LogP) is 4.05. The fourth-order valence-electron chi connectivity index (χ4n) is 2.12. The minimum atomic E-state index is -0.716. The predicted molar refractivity (Wildman–Crippen MR) is 103 cm³/mol. The maximum Gasteiger partial charge on any atom is 0.306 e. The Kier molecular flexibility index (Phi) is 7.48. The zero-order valence-corrected chi connectivity index (χ0v) is 15.8. The first kappa shape index (κ1) is 21.3. The number of ether oxygens (including phenoxy) is 1. The van der Waals surface area contributed by atoms with Gasteiger partial charge in [0.2, 0.25) is 0 Å². The summed E-state index contributed by atoms with van der Waals surface area (Å²) < 4.78 is 4.81. The van der Waals surface area contributed by atoms with Crippen molar-refractivity contribution in [2.45, 2.75) is 12.8 Å². The Morgan fingerprint density at radius 3 is 2.32 bits per heavy atom. The molecule has 28 heavy (non-hydrogen) atoms. The number of non-ortho nitro benzene ring substituents is 1. The largest absolute Gasteiger partial charge is 0.456 e. The summed E-state index contributed by atoms with van der Waals surface area (Å²) >= 11 is 11.6. The van der Waals surface area contributed by atoms with Gasteiger partial charge in [0.1, 0.15) is 0 Å². The van der Waals surface area contributed by atoms with E-state index in [9.17, 15) is 24.5 Å². The fourth-order valence-corrected chi connectivity index (χ4v) is 2.47. The smallest absolute Gasteiger partial charge is 0.306 e. The van der Waals surface area contributed by atoms with Crippen LogP contribution in [0.1, 0.15) is 23.2 Å². The van der Waals surface area contributed by atoms with Crippen molar-refractivity contribution >= 4 is 52.2 Å². The summed E-state index contributed by atoms with van der Waals surface area (Å²) in [6.07, 6.45) is -0.261. The Bertz CT molecular complexity index is 915. The number of nitro groups is 1.